The van der Waals surface area contributed by atoms with E-state index < -0.39 is 0 Å². The number of halogens is 1. The first-order chi connectivity index (χ1) is 4.88. The topological polar surface area (TPSA) is 12.9 Å². The minimum atomic E-state index is 0.784. The maximum Gasteiger partial charge on any atom is 0.0565 e. The Morgan fingerprint density at radius 1 is 1.40 bits per heavy atom. The monoisotopic (exact) mass is 169 g/mol. The van der Waals surface area contributed by atoms with Crippen LogP contribution in [0.2, 0.25) is 5.02 Å². The van der Waals surface area contributed by atoms with E-state index in [1.54, 1.807) is 6.20 Å². The molecule has 50 valence electrons. The molecule has 1 aromatic heterocycles. The summed E-state index contributed by atoms with van der Waals surface area (Å²) in [5.41, 5.74) is 0. The van der Waals surface area contributed by atoms with E-state index in [-0.39, 0.29) is 0 Å². The van der Waals surface area contributed by atoms with E-state index in [4.69, 9.17) is 11.6 Å². The van der Waals surface area contributed by atoms with Crippen LogP contribution in [0.15, 0.2) is 24.4 Å². The van der Waals surface area contributed by atoms with Crippen LogP contribution in [-0.2, 0) is 0 Å². The van der Waals surface area contributed by atoms with Gasteiger partial charge in [0.25, 0.3) is 0 Å². The summed E-state index contributed by atoms with van der Waals surface area (Å²) in [6.45, 7) is 0. The molecule has 0 radical (unpaired) electrons. The Kier molecular flexibility index (Phi) is 1.36. The van der Waals surface area contributed by atoms with Gasteiger partial charge in [-0.3, -0.25) is 0 Å². The summed E-state index contributed by atoms with van der Waals surface area (Å²) in [5, 5.41) is 1.83. The summed E-state index contributed by atoms with van der Waals surface area (Å²) in [4.78, 5) is 0. The average Bonchev–Trinajstić information content (AvgIpc) is 2.36. The van der Waals surface area contributed by atoms with Gasteiger partial charge in [-0.2, -0.15) is 4.37 Å². The Labute approximate surface area is 67.4 Å². The molecule has 0 fully saturated rings. The van der Waals surface area contributed by atoms with Gasteiger partial charge in [-0.25, -0.2) is 0 Å². The fourth-order valence-electron chi connectivity index (χ4n) is 0.858. The molecule has 0 bridgehead atoms. The molecule has 1 nitrogen and oxygen atoms in total. The van der Waals surface area contributed by atoms with Gasteiger partial charge in [0.1, 0.15) is 0 Å². The quantitative estimate of drug-likeness (QED) is 0.591. The second-order valence-electron chi connectivity index (χ2n) is 1.98. The molecule has 0 aliphatic rings. The van der Waals surface area contributed by atoms with Crippen LogP contribution in [0.4, 0.5) is 0 Å². The van der Waals surface area contributed by atoms with Gasteiger partial charge in [-0.05, 0) is 23.7 Å². The molecule has 0 spiro atoms. The zero-order chi connectivity index (χ0) is 6.97. The highest BCUT2D eigenvalue weighted by molar-refractivity contribution is 7.13. The molecule has 0 amide bonds. The van der Waals surface area contributed by atoms with E-state index in [0.717, 1.165) is 15.1 Å². The van der Waals surface area contributed by atoms with Crippen molar-refractivity contribution >= 4 is 33.2 Å². The Morgan fingerprint density at radius 2 is 2.30 bits per heavy atom. The van der Waals surface area contributed by atoms with Gasteiger partial charge in [0.2, 0.25) is 0 Å². The van der Waals surface area contributed by atoms with Crippen molar-refractivity contribution in [2.24, 2.45) is 0 Å². The van der Waals surface area contributed by atoms with E-state index in [2.05, 4.69) is 4.37 Å². The Bertz CT molecular complexity index is 355. The summed E-state index contributed by atoms with van der Waals surface area (Å²) in [6, 6.07) is 5.82. The summed E-state index contributed by atoms with van der Waals surface area (Å²) >= 11 is 7.33. The summed E-state index contributed by atoms with van der Waals surface area (Å²) < 4.78 is 5.17. The number of hydrogen-bond donors (Lipinski definition) is 0. The van der Waals surface area contributed by atoms with Crippen molar-refractivity contribution in [2.45, 2.75) is 0 Å². The van der Waals surface area contributed by atoms with Crippen LogP contribution in [-0.4, -0.2) is 4.37 Å². The van der Waals surface area contributed by atoms with Crippen LogP contribution in [0.25, 0.3) is 10.1 Å². The highest BCUT2D eigenvalue weighted by Gasteiger charge is 1.97. The molecule has 0 saturated heterocycles. The van der Waals surface area contributed by atoms with Crippen molar-refractivity contribution in [3.8, 4) is 0 Å². The molecule has 1 heterocycles. The molecule has 1 aromatic carbocycles. The van der Waals surface area contributed by atoms with Gasteiger partial charge >= 0.3 is 0 Å². The van der Waals surface area contributed by atoms with Crippen LogP contribution in [0, 0.1) is 0 Å². The third-order valence-electron chi connectivity index (χ3n) is 1.35. The second-order valence-corrected chi connectivity index (χ2v) is 3.22. The molecule has 2 rings (SSSR count). The van der Waals surface area contributed by atoms with Crippen molar-refractivity contribution < 1.29 is 0 Å². The lowest BCUT2D eigenvalue weighted by molar-refractivity contribution is 1.61. The largest absolute Gasteiger partial charge is 0.200 e. The van der Waals surface area contributed by atoms with E-state index in [0.29, 0.717) is 0 Å². The normalized spacial score (nSPS) is 10.5. The molecule has 10 heavy (non-hydrogen) atoms. The Balaban J connectivity index is 2.95. The minimum Gasteiger partial charge on any atom is -0.200 e. The Hall–Kier alpha value is -0.600. The van der Waals surface area contributed by atoms with E-state index in [9.17, 15) is 0 Å². The van der Waals surface area contributed by atoms with Gasteiger partial charge in [0.05, 0.1) is 15.9 Å². The third kappa shape index (κ3) is 0.805. The first kappa shape index (κ1) is 6.13. The predicted octanol–water partition coefficient (Wildman–Crippen LogP) is 2.95. The highest BCUT2D eigenvalue weighted by atomic mass is 35.5. The Morgan fingerprint density at radius 3 is 3.10 bits per heavy atom. The molecule has 0 unspecified atom stereocenters. The first-order valence-electron chi connectivity index (χ1n) is 2.87. The van der Waals surface area contributed by atoms with Crippen molar-refractivity contribution in [3.05, 3.63) is 29.4 Å². The van der Waals surface area contributed by atoms with E-state index >= 15 is 0 Å². The second kappa shape index (κ2) is 2.22. The lowest BCUT2D eigenvalue weighted by Gasteiger charge is -1.88. The molecule has 0 aliphatic heterocycles. The lowest BCUT2D eigenvalue weighted by atomic mass is 10.3. The molecule has 0 N–H and O–H groups in total. The van der Waals surface area contributed by atoms with Gasteiger partial charge in [-0.15, -0.1) is 0 Å². The zero-order valence-corrected chi connectivity index (χ0v) is 6.62. The van der Waals surface area contributed by atoms with E-state index in [1.165, 1.54) is 11.5 Å². The van der Waals surface area contributed by atoms with Crippen LogP contribution in [0.5, 0.6) is 0 Å². The van der Waals surface area contributed by atoms with Gasteiger partial charge in [0, 0.05) is 5.39 Å². The number of aromatic nitrogens is 1. The molecular weight excluding hydrogens is 166 g/mol. The predicted molar refractivity (Wildman–Crippen MR) is 44.6 cm³/mol. The zero-order valence-electron chi connectivity index (χ0n) is 5.04. The molecule has 0 aliphatic carbocycles. The smallest absolute Gasteiger partial charge is 0.0565 e. The van der Waals surface area contributed by atoms with Crippen LogP contribution >= 0.6 is 23.1 Å². The molecular formula is C7H4ClNS. The average molecular weight is 170 g/mol. The van der Waals surface area contributed by atoms with Crippen LogP contribution in [0.1, 0.15) is 0 Å². The maximum absolute atomic E-state index is 5.87. The van der Waals surface area contributed by atoms with Gasteiger partial charge in [-0.1, -0.05) is 17.7 Å². The minimum absolute atomic E-state index is 0.784. The van der Waals surface area contributed by atoms with Crippen LogP contribution < -0.4 is 0 Å². The number of rotatable bonds is 0. The molecule has 0 atom stereocenters. The summed E-state index contributed by atoms with van der Waals surface area (Å²) in [6.07, 6.45) is 1.79. The SMILES string of the molecule is Clc1cccc2sncc12. The number of nitrogens with zero attached hydrogens (tertiary/aromatic N) is 1. The van der Waals surface area contributed by atoms with Crippen molar-refractivity contribution in [2.75, 3.05) is 0 Å². The molecule has 3 heteroatoms. The fraction of sp³-hybridized carbons (Fsp3) is 0. The number of fused-ring (bicyclic) bond motifs is 1. The third-order valence-corrected chi connectivity index (χ3v) is 2.44. The summed E-state index contributed by atoms with van der Waals surface area (Å²) in [5.74, 6) is 0. The van der Waals surface area contributed by atoms with Crippen molar-refractivity contribution in [1.29, 1.82) is 0 Å². The highest BCUT2D eigenvalue weighted by Crippen LogP contribution is 2.24. The number of benzene rings is 1. The number of hydrogen-bond acceptors (Lipinski definition) is 2. The standard InChI is InChI=1S/C7H4ClNS/c8-6-2-1-3-7-5(6)4-9-10-7/h1-4H. The van der Waals surface area contributed by atoms with Crippen LogP contribution in [0.3, 0.4) is 0 Å². The first-order valence-corrected chi connectivity index (χ1v) is 4.02. The van der Waals surface area contributed by atoms with E-state index in [1.807, 2.05) is 18.2 Å². The van der Waals surface area contributed by atoms with Gasteiger partial charge < -0.3 is 0 Å². The molecule has 0 saturated carbocycles. The molecule has 2 aromatic rings. The fourth-order valence-corrected chi connectivity index (χ4v) is 1.81. The lowest BCUT2D eigenvalue weighted by Crippen LogP contribution is -1.62. The maximum atomic E-state index is 5.87. The van der Waals surface area contributed by atoms with Crippen molar-refractivity contribution in [3.63, 3.8) is 0 Å². The summed E-state index contributed by atoms with van der Waals surface area (Å²) in [7, 11) is 0. The van der Waals surface area contributed by atoms with Crippen molar-refractivity contribution in [1.82, 2.24) is 4.37 Å². The van der Waals surface area contributed by atoms with Gasteiger partial charge in [0.15, 0.2) is 0 Å².